The number of benzene rings is 1. The van der Waals surface area contributed by atoms with Crippen molar-refractivity contribution in [3.05, 3.63) is 23.8 Å². The first kappa shape index (κ1) is 15.8. The van der Waals surface area contributed by atoms with Crippen molar-refractivity contribution in [3.8, 4) is 0 Å². The highest BCUT2D eigenvalue weighted by Gasteiger charge is 2.29. The third kappa shape index (κ3) is 3.31. The van der Waals surface area contributed by atoms with E-state index in [2.05, 4.69) is 4.72 Å². The van der Waals surface area contributed by atoms with Crippen molar-refractivity contribution in [3.63, 3.8) is 0 Å². The lowest BCUT2D eigenvalue weighted by molar-refractivity contribution is 0.0789. The second-order valence-electron chi connectivity index (χ2n) is 5.76. The molecule has 0 unspecified atom stereocenters. The van der Waals surface area contributed by atoms with Gasteiger partial charge in [0.2, 0.25) is 10.0 Å². The van der Waals surface area contributed by atoms with Crippen molar-refractivity contribution in [2.75, 3.05) is 19.3 Å². The summed E-state index contributed by atoms with van der Waals surface area (Å²) in [5, 5.41) is 0. The molecule has 2 aliphatic rings. The minimum atomic E-state index is -3.53. The maximum Gasteiger partial charge on any atom is 0.255 e. The van der Waals surface area contributed by atoms with Crippen LogP contribution in [0.25, 0.3) is 0 Å². The third-order valence-electron chi connectivity index (χ3n) is 4.00. The van der Waals surface area contributed by atoms with E-state index in [0.29, 0.717) is 5.56 Å². The Morgan fingerprint density at radius 3 is 2.55 bits per heavy atom. The van der Waals surface area contributed by atoms with Gasteiger partial charge in [0.05, 0.1) is 10.5 Å². The Hall–Kier alpha value is -1.05. The molecule has 0 aromatic heterocycles. The normalized spacial score (nSPS) is 18.7. The van der Waals surface area contributed by atoms with Gasteiger partial charge in [-0.05, 0) is 50.1 Å². The molecule has 1 amide bonds. The molecule has 1 aromatic carbocycles. The third-order valence-corrected chi connectivity index (χ3v) is 6.32. The number of sulfonamides is 1. The van der Waals surface area contributed by atoms with Crippen molar-refractivity contribution < 1.29 is 13.2 Å². The van der Waals surface area contributed by atoms with Crippen molar-refractivity contribution in [1.82, 2.24) is 9.62 Å². The van der Waals surface area contributed by atoms with E-state index in [9.17, 15) is 13.2 Å². The van der Waals surface area contributed by atoms with Gasteiger partial charge in [-0.2, -0.15) is 0 Å². The van der Waals surface area contributed by atoms with Crippen molar-refractivity contribution >= 4 is 27.7 Å². The van der Waals surface area contributed by atoms with Crippen molar-refractivity contribution in [1.29, 1.82) is 0 Å². The van der Waals surface area contributed by atoms with Crippen molar-refractivity contribution in [2.45, 2.75) is 41.5 Å². The van der Waals surface area contributed by atoms with Crippen LogP contribution in [0.15, 0.2) is 28.0 Å². The van der Waals surface area contributed by atoms with Crippen LogP contribution in [0.4, 0.5) is 0 Å². The molecule has 1 aliphatic heterocycles. The van der Waals surface area contributed by atoms with E-state index in [1.54, 1.807) is 17.0 Å². The molecule has 7 heteroatoms. The second kappa shape index (κ2) is 6.22. The molecule has 2 fully saturated rings. The quantitative estimate of drug-likeness (QED) is 0.834. The predicted octanol–water partition coefficient (Wildman–Crippen LogP) is 2.09. The smallest absolute Gasteiger partial charge is 0.255 e. The summed E-state index contributed by atoms with van der Waals surface area (Å²) in [7, 11) is -3.53. The summed E-state index contributed by atoms with van der Waals surface area (Å²) in [5.41, 5.74) is 0.494. The van der Waals surface area contributed by atoms with E-state index in [1.165, 1.54) is 17.8 Å². The first-order valence-corrected chi connectivity index (χ1v) is 10.2. The summed E-state index contributed by atoms with van der Waals surface area (Å²) in [6.07, 6.45) is 5.71. The van der Waals surface area contributed by atoms with Crippen LogP contribution in [0.2, 0.25) is 0 Å². The van der Waals surface area contributed by atoms with Crippen LogP contribution in [0, 0.1) is 0 Å². The first-order valence-electron chi connectivity index (χ1n) is 7.51. The summed E-state index contributed by atoms with van der Waals surface area (Å²) < 4.78 is 27.3. The van der Waals surface area contributed by atoms with Gasteiger partial charge in [0.25, 0.3) is 5.91 Å². The zero-order valence-electron chi connectivity index (χ0n) is 12.5. The van der Waals surface area contributed by atoms with E-state index in [1.807, 2.05) is 6.26 Å². The number of amides is 1. The number of carbonyl (C=O) groups excluding carboxylic acids is 1. The van der Waals surface area contributed by atoms with E-state index in [0.717, 1.165) is 43.7 Å². The fourth-order valence-corrected chi connectivity index (χ4v) is 4.50. The summed E-state index contributed by atoms with van der Waals surface area (Å²) in [4.78, 5) is 15.4. The standard InChI is InChI=1S/C15H20N2O3S2/c1-21-14-7-6-12(22(19,20)16-11-4-5-11)10-13(14)15(18)17-8-2-3-9-17/h6-7,10-11,16H,2-5,8-9H2,1H3. The molecule has 1 N–H and O–H groups in total. The Labute approximate surface area is 135 Å². The topological polar surface area (TPSA) is 66.5 Å². The van der Waals surface area contributed by atoms with E-state index >= 15 is 0 Å². The summed E-state index contributed by atoms with van der Waals surface area (Å²) in [5.74, 6) is -0.0645. The summed E-state index contributed by atoms with van der Waals surface area (Å²) >= 11 is 1.47. The van der Waals surface area contributed by atoms with Gasteiger partial charge in [0.15, 0.2) is 0 Å². The fourth-order valence-electron chi connectivity index (χ4n) is 2.60. The van der Waals surface area contributed by atoms with Gasteiger partial charge in [-0.25, -0.2) is 13.1 Å². The van der Waals surface area contributed by atoms with Gasteiger partial charge < -0.3 is 4.90 Å². The molecule has 0 spiro atoms. The summed E-state index contributed by atoms with van der Waals surface area (Å²) in [6.45, 7) is 1.51. The molecule has 1 aromatic rings. The Bertz CT molecular complexity index is 678. The average molecular weight is 340 g/mol. The molecule has 0 bridgehead atoms. The van der Waals surface area contributed by atoms with Gasteiger partial charge >= 0.3 is 0 Å². The maximum absolute atomic E-state index is 12.6. The Morgan fingerprint density at radius 2 is 1.95 bits per heavy atom. The lowest BCUT2D eigenvalue weighted by atomic mass is 10.2. The first-order chi connectivity index (χ1) is 10.5. The Balaban J connectivity index is 1.93. The van der Waals surface area contributed by atoms with Crippen LogP contribution in [-0.2, 0) is 10.0 Å². The monoisotopic (exact) mass is 340 g/mol. The predicted molar refractivity (Wildman–Crippen MR) is 86.7 cm³/mol. The molecular formula is C15H20N2O3S2. The molecule has 1 saturated carbocycles. The maximum atomic E-state index is 12.6. The Kier molecular flexibility index (Phi) is 4.47. The van der Waals surface area contributed by atoms with Crippen LogP contribution >= 0.6 is 11.8 Å². The minimum Gasteiger partial charge on any atom is -0.339 e. The zero-order chi connectivity index (χ0) is 15.7. The number of carbonyl (C=O) groups is 1. The number of hydrogen-bond donors (Lipinski definition) is 1. The van der Waals surface area contributed by atoms with Crippen LogP contribution in [0.5, 0.6) is 0 Å². The number of rotatable bonds is 5. The van der Waals surface area contributed by atoms with Gasteiger partial charge in [-0.15, -0.1) is 11.8 Å². The van der Waals surface area contributed by atoms with E-state index in [-0.39, 0.29) is 16.8 Å². The fraction of sp³-hybridized carbons (Fsp3) is 0.533. The molecule has 5 nitrogen and oxygen atoms in total. The second-order valence-corrected chi connectivity index (χ2v) is 8.32. The van der Waals surface area contributed by atoms with E-state index < -0.39 is 10.0 Å². The van der Waals surface area contributed by atoms with Crippen LogP contribution in [-0.4, -0.2) is 44.6 Å². The zero-order valence-corrected chi connectivity index (χ0v) is 14.2. The average Bonchev–Trinajstić information content (AvgIpc) is 3.14. The summed E-state index contributed by atoms with van der Waals surface area (Å²) in [6, 6.07) is 4.90. The van der Waals surface area contributed by atoms with Gasteiger partial charge in [0, 0.05) is 24.0 Å². The van der Waals surface area contributed by atoms with Gasteiger partial charge in [-0.1, -0.05) is 0 Å². The van der Waals surface area contributed by atoms with Crippen molar-refractivity contribution in [2.24, 2.45) is 0 Å². The molecule has 22 heavy (non-hydrogen) atoms. The largest absolute Gasteiger partial charge is 0.339 e. The number of thioether (sulfide) groups is 1. The molecule has 1 heterocycles. The molecule has 0 atom stereocenters. The molecule has 0 radical (unpaired) electrons. The molecular weight excluding hydrogens is 320 g/mol. The number of nitrogens with one attached hydrogen (secondary N) is 1. The SMILES string of the molecule is CSc1ccc(S(=O)(=O)NC2CC2)cc1C(=O)N1CCCC1. The lowest BCUT2D eigenvalue weighted by Gasteiger charge is -2.18. The van der Waals surface area contributed by atoms with Gasteiger partial charge in [-0.3, -0.25) is 4.79 Å². The molecule has 1 aliphatic carbocycles. The minimum absolute atomic E-state index is 0.0583. The highest BCUT2D eigenvalue weighted by Crippen LogP contribution is 2.28. The number of nitrogens with zero attached hydrogens (tertiary/aromatic N) is 1. The highest BCUT2D eigenvalue weighted by molar-refractivity contribution is 7.98. The van der Waals surface area contributed by atoms with E-state index in [4.69, 9.17) is 0 Å². The Morgan fingerprint density at radius 1 is 1.27 bits per heavy atom. The molecule has 1 saturated heterocycles. The molecule has 3 rings (SSSR count). The van der Waals surface area contributed by atoms with Crippen LogP contribution in [0.1, 0.15) is 36.0 Å². The number of hydrogen-bond acceptors (Lipinski definition) is 4. The number of likely N-dealkylation sites (tertiary alicyclic amines) is 1. The van der Waals surface area contributed by atoms with Crippen LogP contribution in [0.3, 0.4) is 0 Å². The molecule has 120 valence electrons. The van der Waals surface area contributed by atoms with Gasteiger partial charge in [0.1, 0.15) is 0 Å². The lowest BCUT2D eigenvalue weighted by Crippen LogP contribution is -2.29. The van der Waals surface area contributed by atoms with Crippen LogP contribution < -0.4 is 4.72 Å². The highest BCUT2D eigenvalue weighted by atomic mass is 32.2.